The molecule has 0 spiro atoms. The molecule has 26 heavy (non-hydrogen) atoms. The number of halogens is 1. The first-order valence-electron chi connectivity index (χ1n) is 9.16. The number of carbonyl (C=O) groups is 1. The van der Waals surface area contributed by atoms with Crippen LogP contribution in [0.2, 0.25) is 0 Å². The number of aryl methyl sites for hydroxylation is 1. The minimum absolute atomic E-state index is 0. The predicted molar refractivity (Wildman–Crippen MR) is 109 cm³/mol. The van der Waals surface area contributed by atoms with Gasteiger partial charge in [0.15, 0.2) is 0 Å². The van der Waals surface area contributed by atoms with E-state index in [1.165, 1.54) is 5.56 Å². The third-order valence-electron chi connectivity index (χ3n) is 5.49. The van der Waals surface area contributed by atoms with Crippen molar-refractivity contribution in [1.82, 2.24) is 9.47 Å². The smallest absolute Gasteiger partial charge is 0.255 e. The van der Waals surface area contributed by atoms with E-state index in [9.17, 15) is 4.79 Å². The van der Waals surface area contributed by atoms with Gasteiger partial charge in [-0.1, -0.05) is 30.3 Å². The zero-order chi connectivity index (χ0) is 18.1. The zero-order valence-corrected chi connectivity index (χ0v) is 16.9. The fraction of sp³-hybridized carbons (Fsp3) is 0.476. The summed E-state index contributed by atoms with van der Waals surface area (Å²) in [5.41, 5.74) is 10.3. The van der Waals surface area contributed by atoms with E-state index < -0.39 is 0 Å². The molecule has 2 atom stereocenters. The van der Waals surface area contributed by atoms with E-state index in [1.54, 1.807) is 0 Å². The Balaban J connectivity index is 0.00000243. The third kappa shape index (κ3) is 3.67. The third-order valence-corrected chi connectivity index (χ3v) is 5.49. The largest absolute Gasteiger partial charge is 0.346 e. The van der Waals surface area contributed by atoms with Crippen molar-refractivity contribution in [3.63, 3.8) is 0 Å². The number of carbonyl (C=O) groups excluding carboxylic acids is 1. The van der Waals surface area contributed by atoms with E-state index in [1.807, 2.05) is 24.0 Å². The van der Waals surface area contributed by atoms with Crippen molar-refractivity contribution in [2.45, 2.75) is 39.7 Å². The van der Waals surface area contributed by atoms with Crippen molar-refractivity contribution in [3.05, 3.63) is 58.9 Å². The van der Waals surface area contributed by atoms with E-state index in [0.717, 1.165) is 30.0 Å². The summed E-state index contributed by atoms with van der Waals surface area (Å²) >= 11 is 0. The molecule has 0 bridgehead atoms. The van der Waals surface area contributed by atoms with E-state index in [4.69, 9.17) is 5.73 Å². The monoisotopic (exact) mass is 375 g/mol. The molecule has 0 radical (unpaired) electrons. The van der Waals surface area contributed by atoms with Crippen molar-refractivity contribution in [1.29, 1.82) is 0 Å². The first-order chi connectivity index (χ1) is 11.9. The molecular formula is C21H30ClN3O. The van der Waals surface area contributed by atoms with Gasteiger partial charge < -0.3 is 15.2 Å². The molecule has 2 heterocycles. The molecule has 2 aromatic rings. The Morgan fingerprint density at radius 1 is 1.19 bits per heavy atom. The highest BCUT2D eigenvalue weighted by molar-refractivity contribution is 5.96. The van der Waals surface area contributed by atoms with Gasteiger partial charge in [-0.3, -0.25) is 4.79 Å². The molecule has 3 rings (SSSR count). The molecule has 0 aliphatic carbocycles. The minimum atomic E-state index is 0. The minimum Gasteiger partial charge on any atom is -0.346 e. The summed E-state index contributed by atoms with van der Waals surface area (Å²) in [7, 11) is 0. The molecule has 1 aliphatic heterocycles. The van der Waals surface area contributed by atoms with Crippen LogP contribution in [-0.2, 0) is 0 Å². The normalized spacial score (nSPS) is 19.7. The van der Waals surface area contributed by atoms with Gasteiger partial charge in [0.05, 0.1) is 5.56 Å². The summed E-state index contributed by atoms with van der Waals surface area (Å²) in [5, 5.41) is 0. The van der Waals surface area contributed by atoms with E-state index >= 15 is 0 Å². The van der Waals surface area contributed by atoms with Crippen LogP contribution in [0, 0.1) is 19.8 Å². The van der Waals surface area contributed by atoms with Crippen molar-refractivity contribution in [2.24, 2.45) is 11.7 Å². The quantitative estimate of drug-likeness (QED) is 0.880. The van der Waals surface area contributed by atoms with Gasteiger partial charge in [-0.25, -0.2) is 0 Å². The van der Waals surface area contributed by atoms with Crippen LogP contribution >= 0.6 is 12.4 Å². The summed E-state index contributed by atoms with van der Waals surface area (Å²) < 4.78 is 2.23. The zero-order valence-electron chi connectivity index (χ0n) is 16.1. The standard InChI is InChI=1S/C21H29N3O.ClH/c1-14(2)24-15(3)10-19(16(24)4)21(25)23-12-18(11-22)20(13-23)17-8-6-5-7-9-17;/h5-10,14,18,20H,11-13,22H2,1-4H3;1H/t18-,20+;/m1./s1. The number of nitrogens with two attached hydrogens (primary N) is 1. The summed E-state index contributed by atoms with van der Waals surface area (Å²) in [5.74, 6) is 0.778. The Morgan fingerprint density at radius 2 is 1.85 bits per heavy atom. The first kappa shape index (κ1) is 20.5. The van der Waals surface area contributed by atoms with Crippen LogP contribution in [0.15, 0.2) is 36.4 Å². The Bertz CT molecular complexity index is 754. The molecule has 1 amide bonds. The highest BCUT2D eigenvalue weighted by Crippen LogP contribution is 2.33. The first-order valence-corrected chi connectivity index (χ1v) is 9.16. The number of hydrogen-bond acceptors (Lipinski definition) is 2. The van der Waals surface area contributed by atoms with Gasteiger partial charge in [-0.15, -0.1) is 12.4 Å². The lowest BCUT2D eigenvalue weighted by molar-refractivity contribution is 0.0785. The Kier molecular flexibility index (Phi) is 6.53. The maximum absolute atomic E-state index is 13.2. The average Bonchev–Trinajstić information content (AvgIpc) is 3.16. The molecule has 1 aromatic heterocycles. The molecule has 142 valence electrons. The maximum Gasteiger partial charge on any atom is 0.255 e. The van der Waals surface area contributed by atoms with Crippen LogP contribution in [0.25, 0.3) is 0 Å². The number of likely N-dealkylation sites (tertiary alicyclic amines) is 1. The fourth-order valence-corrected chi connectivity index (χ4v) is 4.31. The Labute approximate surface area is 162 Å². The lowest BCUT2D eigenvalue weighted by Crippen LogP contribution is -2.30. The van der Waals surface area contributed by atoms with Crippen molar-refractivity contribution >= 4 is 18.3 Å². The number of rotatable bonds is 4. The van der Waals surface area contributed by atoms with Crippen LogP contribution in [0.3, 0.4) is 0 Å². The van der Waals surface area contributed by atoms with Gasteiger partial charge in [0.2, 0.25) is 0 Å². The summed E-state index contributed by atoms with van der Waals surface area (Å²) in [4.78, 5) is 15.2. The Hall–Kier alpha value is -1.78. The second-order valence-electron chi connectivity index (χ2n) is 7.47. The number of hydrogen-bond donors (Lipinski definition) is 1. The molecule has 1 fully saturated rings. The second-order valence-corrected chi connectivity index (χ2v) is 7.47. The van der Waals surface area contributed by atoms with Crippen LogP contribution in [0.4, 0.5) is 0 Å². The lowest BCUT2D eigenvalue weighted by Gasteiger charge is -2.18. The number of amides is 1. The molecule has 1 saturated heterocycles. The molecule has 1 aromatic carbocycles. The van der Waals surface area contributed by atoms with Crippen LogP contribution in [0.1, 0.15) is 53.1 Å². The average molecular weight is 376 g/mol. The summed E-state index contributed by atoms with van der Waals surface area (Å²) in [6.45, 7) is 10.5. The number of nitrogens with zero attached hydrogens (tertiary/aromatic N) is 2. The van der Waals surface area contributed by atoms with Gasteiger partial charge in [0, 0.05) is 36.4 Å². The predicted octanol–water partition coefficient (Wildman–Crippen LogP) is 3.92. The second kappa shape index (κ2) is 8.28. The van der Waals surface area contributed by atoms with Crippen LogP contribution in [-0.4, -0.2) is 35.0 Å². The van der Waals surface area contributed by atoms with Gasteiger partial charge in [0.1, 0.15) is 0 Å². The number of aromatic nitrogens is 1. The fourth-order valence-electron chi connectivity index (χ4n) is 4.31. The van der Waals surface area contributed by atoms with Crippen molar-refractivity contribution in [3.8, 4) is 0 Å². The van der Waals surface area contributed by atoms with Gasteiger partial charge >= 0.3 is 0 Å². The number of benzene rings is 1. The Morgan fingerprint density at radius 3 is 2.38 bits per heavy atom. The van der Waals surface area contributed by atoms with Crippen LogP contribution in [0.5, 0.6) is 0 Å². The molecule has 1 aliphatic rings. The lowest BCUT2D eigenvalue weighted by atomic mass is 9.89. The summed E-state index contributed by atoms with van der Waals surface area (Å²) in [6, 6.07) is 12.8. The van der Waals surface area contributed by atoms with Crippen molar-refractivity contribution < 1.29 is 4.79 Å². The molecule has 4 nitrogen and oxygen atoms in total. The van der Waals surface area contributed by atoms with E-state index in [-0.39, 0.29) is 18.3 Å². The molecule has 0 saturated carbocycles. The summed E-state index contributed by atoms with van der Waals surface area (Å²) in [6.07, 6.45) is 0. The van der Waals surface area contributed by atoms with E-state index in [2.05, 4.69) is 49.6 Å². The molecule has 5 heteroatoms. The van der Waals surface area contributed by atoms with Crippen molar-refractivity contribution in [2.75, 3.05) is 19.6 Å². The highest BCUT2D eigenvalue weighted by Gasteiger charge is 2.36. The van der Waals surface area contributed by atoms with Gasteiger partial charge in [-0.2, -0.15) is 0 Å². The molecule has 0 unspecified atom stereocenters. The molecule has 2 N–H and O–H groups in total. The van der Waals surface area contributed by atoms with E-state index in [0.29, 0.717) is 24.4 Å². The topological polar surface area (TPSA) is 51.3 Å². The highest BCUT2D eigenvalue weighted by atomic mass is 35.5. The van der Waals surface area contributed by atoms with Crippen LogP contribution < -0.4 is 5.73 Å². The molecular weight excluding hydrogens is 346 g/mol. The van der Waals surface area contributed by atoms with Gasteiger partial charge in [-0.05, 0) is 51.8 Å². The maximum atomic E-state index is 13.2. The van der Waals surface area contributed by atoms with Gasteiger partial charge in [0.25, 0.3) is 5.91 Å². The SMILES string of the molecule is Cc1cc(C(=O)N2C[C@@H](CN)[C@H](c3ccccc3)C2)c(C)n1C(C)C.Cl.